The van der Waals surface area contributed by atoms with Crippen molar-refractivity contribution in [3.05, 3.63) is 28.4 Å². The number of sulfonamides is 1. The summed E-state index contributed by atoms with van der Waals surface area (Å²) in [6.07, 6.45) is 3.06. The summed E-state index contributed by atoms with van der Waals surface area (Å²) in [5, 5.41) is 13.8. The molecule has 1 saturated heterocycles. The van der Waals surface area contributed by atoms with Crippen molar-refractivity contribution in [1.82, 2.24) is 14.6 Å². The van der Waals surface area contributed by atoms with Crippen LogP contribution in [-0.2, 0) is 10.0 Å². The molecule has 1 N–H and O–H groups in total. The Morgan fingerprint density at radius 3 is 2.81 bits per heavy atom. The highest BCUT2D eigenvalue weighted by Crippen LogP contribution is 2.19. The standard InChI is InChI=1S/C12H18N4O4S/c1-15(9-10-3-2-6-13-7-10)21(19,20)11-4-5-12(14-8-11)16(17)18/h4-5,8,10,13H,2-3,6-7,9H2,1H3. The van der Waals surface area contributed by atoms with E-state index in [2.05, 4.69) is 10.3 Å². The summed E-state index contributed by atoms with van der Waals surface area (Å²) in [6, 6.07) is 2.32. The Morgan fingerprint density at radius 2 is 2.29 bits per heavy atom. The molecule has 0 saturated carbocycles. The fraction of sp³-hybridized carbons (Fsp3) is 0.583. The van der Waals surface area contributed by atoms with Crippen LogP contribution >= 0.6 is 0 Å². The number of piperidine rings is 1. The zero-order valence-electron chi connectivity index (χ0n) is 11.7. The number of hydrogen-bond donors (Lipinski definition) is 1. The predicted molar refractivity (Wildman–Crippen MR) is 76.3 cm³/mol. The molecule has 8 nitrogen and oxygen atoms in total. The average molecular weight is 314 g/mol. The highest BCUT2D eigenvalue weighted by atomic mass is 32.2. The maximum atomic E-state index is 12.4. The van der Waals surface area contributed by atoms with Crippen molar-refractivity contribution in [3.63, 3.8) is 0 Å². The molecule has 21 heavy (non-hydrogen) atoms. The van der Waals surface area contributed by atoms with E-state index in [1.54, 1.807) is 0 Å². The maximum absolute atomic E-state index is 12.4. The first-order valence-electron chi connectivity index (χ1n) is 6.69. The van der Waals surface area contributed by atoms with Gasteiger partial charge in [-0.15, -0.1) is 0 Å². The van der Waals surface area contributed by atoms with Gasteiger partial charge in [0.25, 0.3) is 0 Å². The fourth-order valence-electron chi connectivity index (χ4n) is 2.35. The number of nitrogens with zero attached hydrogens (tertiary/aromatic N) is 3. The molecule has 116 valence electrons. The molecule has 0 spiro atoms. The van der Waals surface area contributed by atoms with Gasteiger partial charge in [0.05, 0.1) is 0 Å². The summed E-state index contributed by atoms with van der Waals surface area (Å²) in [7, 11) is -2.14. The van der Waals surface area contributed by atoms with E-state index < -0.39 is 14.9 Å². The molecule has 0 amide bonds. The highest BCUT2D eigenvalue weighted by Gasteiger charge is 2.26. The topological polar surface area (TPSA) is 105 Å². The molecule has 1 unspecified atom stereocenters. The molecule has 0 radical (unpaired) electrons. The molecule has 9 heteroatoms. The molecule has 0 bridgehead atoms. The van der Waals surface area contributed by atoms with Crippen LogP contribution in [0.15, 0.2) is 23.2 Å². The molecule has 0 aromatic carbocycles. The Balaban J connectivity index is 2.10. The van der Waals surface area contributed by atoms with Gasteiger partial charge in [-0.05, 0) is 47.8 Å². The van der Waals surface area contributed by atoms with Gasteiger partial charge in [-0.3, -0.25) is 0 Å². The monoisotopic (exact) mass is 314 g/mol. The Bertz CT molecular complexity index is 596. The number of hydrogen-bond acceptors (Lipinski definition) is 6. The summed E-state index contributed by atoms with van der Waals surface area (Å²) >= 11 is 0. The van der Waals surface area contributed by atoms with Crippen LogP contribution in [0.5, 0.6) is 0 Å². The van der Waals surface area contributed by atoms with Crippen LogP contribution in [0.2, 0.25) is 0 Å². The summed E-state index contributed by atoms with van der Waals surface area (Å²) < 4.78 is 26.1. The smallest absolute Gasteiger partial charge is 0.358 e. The first-order chi connectivity index (χ1) is 9.91. The largest absolute Gasteiger partial charge is 0.363 e. The second kappa shape index (κ2) is 6.46. The van der Waals surface area contributed by atoms with Crippen molar-refractivity contribution >= 4 is 15.8 Å². The van der Waals surface area contributed by atoms with Crippen LogP contribution in [0.25, 0.3) is 0 Å². The Morgan fingerprint density at radius 1 is 1.52 bits per heavy atom. The molecule has 2 heterocycles. The molecule has 1 aliphatic heterocycles. The van der Waals surface area contributed by atoms with Crippen LogP contribution < -0.4 is 5.32 Å². The van der Waals surface area contributed by atoms with Gasteiger partial charge in [0, 0.05) is 19.7 Å². The van der Waals surface area contributed by atoms with Crippen LogP contribution in [0.1, 0.15) is 12.8 Å². The van der Waals surface area contributed by atoms with E-state index in [0.29, 0.717) is 6.54 Å². The molecule has 1 atom stereocenters. The first-order valence-corrected chi connectivity index (χ1v) is 8.13. The third-order valence-electron chi connectivity index (χ3n) is 3.53. The summed E-state index contributed by atoms with van der Waals surface area (Å²) in [6.45, 7) is 2.20. The highest BCUT2D eigenvalue weighted by molar-refractivity contribution is 7.89. The van der Waals surface area contributed by atoms with E-state index in [9.17, 15) is 18.5 Å². The second-order valence-corrected chi connectivity index (χ2v) is 7.15. The molecule has 0 aliphatic carbocycles. The Kier molecular flexibility index (Phi) is 4.86. The molecular weight excluding hydrogens is 296 g/mol. The van der Waals surface area contributed by atoms with Gasteiger partial charge in [0.1, 0.15) is 4.90 Å². The number of nitrogens with one attached hydrogen (secondary N) is 1. The predicted octanol–water partition coefficient (Wildman–Crippen LogP) is 0.610. The Hall–Kier alpha value is -1.58. The van der Waals surface area contributed by atoms with Gasteiger partial charge in [-0.2, -0.15) is 0 Å². The van der Waals surface area contributed by atoms with Crippen molar-refractivity contribution < 1.29 is 13.3 Å². The second-order valence-electron chi connectivity index (χ2n) is 5.11. The minimum atomic E-state index is -3.66. The van der Waals surface area contributed by atoms with E-state index in [1.165, 1.54) is 17.4 Å². The minimum Gasteiger partial charge on any atom is -0.358 e. The third kappa shape index (κ3) is 3.74. The summed E-state index contributed by atoms with van der Waals surface area (Å²) in [4.78, 5) is 13.4. The van der Waals surface area contributed by atoms with Crippen molar-refractivity contribution in [2.75, 3.05) is 26.7 Å². The molecule has 1 fully saturated rings. The lowest BCUT2D eigenvalue weighted by atomic mass is 10.00. The van der Waals surface area contributed by atoms with E-state index in [4.69, 9.17) is 0 Å². The SMILES string of the molecule is CN(CC1CCCNC1)S(=O)(=O)c1ccc([N+](=O)[O-])nc1. The van der Waals surface area contributed by atoms with Crippen molar-refractivity contribution in [1.29, 1.82) is 0 Å². The van der Waals surface area contributed by atoms with Crippen molar-refractivity contribution in [2.45, 2.75) is 17.7 Å². The quantitative estimate of drug-likeness (QED) is 0.630. The van der Waals surface area contributed by atoms with Gasteiger partial charge < -0.3 is 15.4 Å². The molecule has 1 aliphatic rings. The molecule has 1 aromatic heterocycles. The number of rotatable bonds is 5. The molecule has 2 rings (SSSR count). The van der Waals surface area contributed by atoms with E-state index in [1.807, 2.05) is 0 Å². The van der Waals surface area contributed by atoms with E-state index in [-0.39, 0.29) is 16.6 Å². The summed E-state index contributed by atoms with van der Waals surface area (Å²) in [5.41, 5.74) is 0. The Labute approximate surface area is 123 Å². The zero-order chi connectivity index (χ0) is 15.5. The lowest BCUT2D eigenvalue weighted by molar-refractivity contribution is -0.389. The fourth-order valence-corrected chi connectivity index (χ4v) is 3.55. The van der Waals surface area contributed by atoms with Crippen molar-refractivity contribution in [2.24, 2.45) is 5.92 Å². The van der Waals surface area contributed by atoms with Crippen LogP contribution in [-0.4, -0.2) is 49.3 Å². The lowest BCUT2D eigenvalue weighted by Gasteiger charge is -2.27. The summed E-state index contributed by atoms with van der Waals surface area (Å²) in [5.74, 6) is -0.0855. The van der Waals surface area contributed by atoms with E-state index >= 15 is 0 Å². The van der Waals surface area contributed by atoms with Crippen molar-refractivity contribution in [3.8, 4) is 0 Å². The lowest BCUT2D eigenvalue weighted by Crippen LogP contribution is -2.39. The third-order valence-corrected chi connectivity index (χ3v) is 5.34. The average Bonchev–Trinajstić information content (AvgIpc) is 2.48. The van der Waals surface area contributed by atoms with Crippen LogP contribution in [0, 0.1) is 16.0 Å². The van der Waals surface area contributed by atoms with Crippen LogP contribution in [0.4, 0.5) is 5.82 Å². The first kappa shape index (κ1) is 15.8. The van der Waals surface area contributed by atoms with Gasteiger partial charge in [0.15, 0.2) is 6.20 Å². The number of aromatic nitrogens is 1. The molecular formula is C12H18N4O4S. The maximum Gasteiger partial charge on any atom is 0.363 e. The van der Waals surface area contributed by atoms with E-state index in [0.717, 1.165) is 38.2 Å². The van der Waals surface area contributed by atoms with Gasteiger partial charge in [-0.1, -0.05) is 0 Å². The van der Waals surface area contributed by atoms with Gasteiger partial charge >= 0.3 is 5.82 Å². The molecule has 1 aromatic rings. The van der Waals surface area contributed by atoms with Gasteiger partial charge in [0.2, 0.25) is 10.0 Å². The number of pyridine rings is 1. The van der Waals surface area contributed by atoms with Crippen LogP contribution in [0.3, 0.4) is 0 Å². The zero-order valence-corrected chi connectivity index (χ0v) is 12.5. The normalized spacial score (nSPS) is 19.6. The minimum absolute atomic E-state index is 0.0284. The number of nitro groups is 1. The van der Waals surface area contributed by atoms with Gasteiger partial charge in [-0.25, -0.2) is 12.7 Å².